The number of nitrogens with zero attached hydrogens (tertiary/aromatic N) is 1. The van der Waals surface area contributed by atoms with Crippen LogP contribution in [0.15, 0.2) is 24.3 Å². The van der Waals surface area contributed by atoms with Crippen LogP contribution in [0, 0.1) is 11.8 Å². The number of hydrogen-bond donors (Lipinski definition) is 0. The minimum atomic E-state index is -4.46. The van der Waals surface area contributed by atoms with Crippen LogP contribution in [0.4, 0.5) is 13.2 Å². The van der Waals surface area contributed by atoms with E-state index in [4.69, 9.17) is 4.74 Å². The van der Waals surface area contributed by atoms with Crippen molar-refractivity contribution in [1.29, 1.82) is 0 Å². The summed E-state index contributed by atoms with van der Waals surface area (Å²) in [6.45, 7) is 7.96. The molecule has 2 atom stereocenters. The first-order valence-corrected chi connectivity index (χ1v) is 9.85. The van der Waals surface area contributed by atoms with Gasteiger partial charge in [0.1, 0.15) is 6.04 Å². The molecule has 0 spiro atoms. The van der Waals surface area contributed by atoms with Gasteiger partial charge in [-0.25, -0.2) is 4.79 Å². The van der Waals surface area contributed by atoms with Gasteiger partial charge in [-0.3, -0.25) is 4.79 Å². The number of hydrogen-bond acceptors (Lipinski definition) is 4. The van der Waals surface area contributed by atoms with Crippen molar-refractivity contribution in [3.63, 3.8) is 0 Å². The zero-order valence-corrected chi connectivity index (χ0v) is 16.6. The van der Waals surface area contributed by atoms with Crippen molar-refractivity contribution in [2.45, 2.75) is 45.3 Å². The van der Waals surface area contributed by atoms with Gasteiger partial charge in [-0.2, -0.15) is 13.2 Å². The fraction of sp³-hybridized carbons (Fsp3) is 0.579. The fourth-order valence-electron chi connectivity index (χ4n) is 2.78. The zero-order chi connectivity index (χ0) is 20.4. The highest BCUT2D eigenvalue weighted by molar-refractivity contribution is 8.00. The van der Waals surface area contributed by atoms with Gasteiger partial charge in [-0.15, -0.1) is 11.8 Å². The van der Waals surface area contributed by atoms with Gasteiger partial charge in [0.05, 0.1) is 17.5 Å². The predicted molar refractivity (Wildman–Crippen MR) is 98.3 cm³/mol. The van der Waals surface area contributed by atoms with Gasteiger partial charge in [-0.05, 0) is 36.1 Å². The number of alkyl halides is 3. The third kappa shape index (κ3) is 5.18. The lowest BCUT2D eigenvalue weighted by atomic mass is 10.1. The summed E-state index contributed by atoms with van der Waals surface area (Å²) in [5.74, 6) is -0.274. The summed E-state index contributed by atoms with van der Waals surface area (Å²) in [5, 5.41) is -0.239. The van der Waals surface area contributed by atoms with Crippen molar-refractivity contribution in [3.05, 3.63) is 35.4 Å². The molecule has 0 aromatic heterocycles. The Balaban J connectivity index is 2.25. The van der Waals surface area contributed by atoms with Gasteiger partial charge in [0.2, 0.25) is 0 Å². The first-order chi connectivity index (χ1) is 12.5. The van der Waals surface area contributed by atoms with E-state index in [0.717, 1.165) is 24.3 Å². The number of halogens is 3. The molecule has 0 N–H and O–H groups in total. The summed E-state index contributed by atoms with van der Waals surface area (Å²) >= 11 is 1.48. The maximum absolute atomic E-state index is 13.0. The van der Waals surface area contributed by atoms with Crippen LogP contribution in [-0.4, -0.2) is 40.6 Å². The second kappa shape index (κ2) is 8.54. The zero-order valence-electron chi connectivity index (χ0n) is 15.7. The molecular formula is C19H24F3NO3S. The van der Waals surface area contributed by atoms with Crippen LogP contribution in [0.5, 0.6) is 0 Å². The van der Waals surface area contributed by atoms with Crippen molar-refractivity contribution < 1.29 is 27.5 Å². The molecule has 1 heterocycles. The largest absolute Gasteiger partial charge is 0.464 e. The highest BCUT2D eigenvalue weighted by Crippen LogP contribution is 2.36. The third-order valence-electron chi connectivity index (χ3n) is 4.13. The third-order valence-corrected chi connectivity index (χ3v) is 5.75. The molecule has 1 fully saturated rings. The first kappa shape index (κ1) is 21.6. The Bertz CT molecular complexity index is 674. The van der Waals surface area contributed by atoms with Crippen LogP contribution in [0.3, 0.4) is 0 Å². The van der Waals surface area contributed by atoms with Gasteiger partial charge in [0.15, 0.2) is 0 Å². The normalized spacial score (nSPS) is 20.4. The molecule has 2 rings (SSSR count). The first-order valence-electron chi connectivity index (χ1n) is 8.80. The van der Waals surface area contributed by atoms with E-state index >= 15 is 0 Å². The number of carbonyl (C=O) groups is 2. The lowest BCUT2D eigenvalue weighted by molar-refractivity contribution is -0.149. The molecule has 0 saturated carbocycles. The summed E-state index contributed by atoms with van der Waals surface area (Å²) < 4.78 is 43.5. The molecule has 1 aromatic rings. The topological polar surface area (TPSA) is 46.6 Å². The summed E-state index contributed by atoms with van der Waals surface area (Å²) in [7, 11) is 0. The van der Waals surface area contributed by atoms with Gasteiger partial charge in [-0.1, -0.05) is 27.7 Å². The maximum Gasteiger partial charge on any atom is 0.416 e. The Hall–Kier alpha value is -1.70. The van der Waals surface area contributed by atoms with Crippen LogP contribution in [0.1, 0.15) is 43.6 Å². The van der Waals surface area contributed by atoms with Gasteiger partial charge in [0.25, 0.3) is 5.91 Å². The molecule has 0 aliphatic carbocycles. The monoisotopic (exact) mass is 403 g/mol. The lowest BCUT2D eigenvalue weighted by Gasteiger charge is -2.30. The Kier molecular flexibility index (Phi) is 6.83. The molecule has 1 amide bonds. The maximum atomic E-state index is 13.0. The van der Waals surface area contributed by atoms with Crippen molar-refractivity contribution in [2.24, 2.45) is 11.8 Å². The number of carbonyl (C=O) groups excluding carboxylic acids is 2. The molecule has 1 aromatic carbocycles. The van der Waals surface area contributed by atoms with E-state index in [9.17, 15) is 22.8 Å². The minimum Gasteiger partial charge on any atom is -0.464 e. The quantitative estimate of drug-likeness (QED) is 0.682. The number of amides is 1. The van der Waals surface area contributed by atoms with Crippen molar-refractivity contribution in [3.8, 4) is 0 Å². The molecule has 1 aliphatic rings. The molecule has 1 aliphatic heterocycles. The minimum absolute atomic E-state index is 0.0799. The molecule has 4 nitrogen and oxygen atoms in total. The predicted octanol–water partition coefficient (Wildman–Crippen LogP) is 4.44. The van der Waals surface area contributed by atoms with E-state index in [1.807, 2.05) is 27.7 Å². The number of rotatable bonds is 5. The Morgan fingerprint density at radius 3 is 2.26 bits per heavy atom. The van der Waals surface area contributed by atoms with E-state index in [0.29, 0.717) is 5.75 Å². The van der Waals surface area contributed by atoms with E-state index in [2.05, 4.69) is 0 Å². The summed E-state index contributed by atoms with van der Waals surface area (Å²) in [5.41, 5.74) is -0.694. The van der Waals surface area contributed by atoms with E-state index in [-0.39, 0.29) is 29.4 Å². The van der Waals surface area contributed by atoms with E-state index < -0.39 is 29.7 Å². The fourth-order valence-corrected chi connectivity index (χ4v) is 4.24. The van der Waals surface area contributed by atoms with Crippen LogP contribution in [0.25, 0.3) is 0 Å². The number of thioether (sulfide) groups is 1. The Morgan fingerprint density at radius 2 is 1.78 bits per heavy atom. The number of benzene rings is 1. The van der Waals surface area contributed by atoms with E-state index in [1.165, 1.54) is 16.7 Å². The average Bonchev–Trinajstić information content (AvgIpc) is 3.03. The summed E-state index contributed by atoms with van der Waals surface area (Å²) in [6.07, 6.45) is -4.46. The van der Waals surface area contributed by atoms with Crippen molar-refractivity contribution in [2.75, 3.05) is 12.4 Å². The van der Waals surface area contributed by atoms with Crippen molar-refractivity contribution >= 4 is 23.6 Å². The Morgan fingerprint density at radius 1 is 1.19 bits per heavy atom. The lowest BCUT2D eigenvalue weighted by Crippen LogP contribution is -2.48. The van der Waals surface area contributed by atoms with Crippen LogP contribution in [-0.2, 0) is 15.7 Å². The number of ether oxygens (including phenoxy) is 1. The van der Waals surface area contributed by atoms with Gasteiger partial charge in [0, 0.05) is 11.3 Å². The summed E-state index contributed by atoms with van der Waals surface area (Å²) in [6, 6.07) is 3.33. The molecule has 150 valence electrons. The second-order valence-corrected chi connectivity index (χ2v) is 8.44. The molecule has 0 radical (unpaired) electrons. The highest BCUT2D eigenvalue weighted by Gasteiger charge is 2.44. The molecule has 8 heteroatoms. The molecular weight excluding hydrogens is 379 g/mol. The molecule has 1 saturated heterocycles. The van der Waals surface area contributed by atoms with Crippen LogP contribution < -0.4 is 0 Å². The van der Waals surface area contributed by atoms with Gasteiger partial charge < -0.3 is 9.64 Å². The number of esters is 1. The van der Waals surface area contributed by atoms with E-state index in [1.54, 1.807) is 0 Å². The molecule has 2 unspecified atom stereocenters. The SMILES string of the molecule is CC(C)COC(=O)C1CSC(C(C)C)N1C(=O)c1ccc(C(F)(F)F)cc1. The molecule has 0 bridgehead atoms. The van der Waals surface area contributed by atoms with Crippen LogP contribution >= 0.6 is 11.8 Å². The highest BCUT2D eigenvalue weighted by atomic mass is 32.2. The van der Waals surface area contributed by atoms with Crippen molar-refractivity contribution in [1.82, 2.24) is 4.90 Å². The summed E-state index contributed by atoms with van der Waals surface area (Å²) in [4.78, 5) is 26.9. The Labute approximate surface area is 161 Å². The van der Waals surface area contributed by atoms with Gasteiger partial charge >= 0.3 is 12.1 Å². The second-order valence-electron chi connectivity index (χ2n) is 7.30. The average molecular weight is 403 g/mol. The smallest absolute Gasteiger partial charge is 0.416 e. The molecule has 27 heavy (non-hydrogen) atoms. The standard InChI is InChI=1S/C19H24F3NO3S/c1-11(2)9-26-18(25)15-10-27-17(12(3)4)23(15)16(24)13-5-7-14(8-6-13)19(20,21)22/h5-8,11-12,15,17H,9-10H2,1-4H3. The van der Waals surface area contributed by atoms with Crippen LogP contribution in [0.2, 0.25) is 0 Å².